The number of likely N-dealkylation sites (N-methyl/N-ethyl adjacent to an activating group) is 1. The summed E-state index contributed by atoms with van der Waals surface area (Å²) in [6.45, 7) is 11.5. The molecule has 118 valence electrons. The molecule has 3 rings (SSSR count). The molecule has 0 saturated carbocycles. The largest absolute Gasteiger partial charge is 0.322 e. The second-order valence-electron chi connectivity index (χ2n) is 6.08. The maximum atomic E-state index is 4.91. The van der Waals surface area contributed by atoms with Gasteiger partial charge in [0.15, 0.2) is 0 Å². The van der Waals surface area contributed by atoms with Gasteiger partial charge in [0.1, 0.15) is 5.82 Å². The lowest BCUT2D eigenvalue weighted by Crippen LogP contribution is -2.45. The summed E-state index contributed by atoms with van der Waals surface area (Å²) in [5.41, 5.74) is 2.24. The monoisotopic (exact) mass is 362 g/mol. The molecule has 0 amide bonds. The van der Waals surface area contributed by atoms with E-state index in [-0.39, 0.29) is 0 Å². The van der Waals surface area contributed by atoms with Crippen molar-refractivity contribution in [2.75, 3.05) is 33.2 Å². The molecular weight excluding hydrogens is 340 g/mol. The van der Waals surface area contributed by atoms with Gasteiger partial charge in [-0.2, -0.15) is 0 Å². The SMILES string of the molecule is C=C(Br)Cn1c(C(C)N2CCN(C)CC2)nc2ccccc21. The molecule has 0 spiro atoms. The third-order valence-corrected chi connectivity index (χ3v) is 4.72. The molecule has 22 heavy (non-hydrogen) atoms. The molecule has 0 aliphatic carbocycles. The maximum absolute atomic E-state index is 4.91. The Morgan fingerprint density at radius 2 is 1.95 bits per heavy atom. The van der Waals surface area contributed by atoms with Crippen molar-refractivity contribution >= 4 is 27.0 Å². The highest BCUT2D eigenvalue weighted by atomic mass is 79.9. The Labute approximate surface area is 140 Å². The Morgan fingerprint density at radius 3 is 2.64 bits per heavy atom. The van der Waals surface area contributed by atoms with E-state index in [1.165, 1.54) is 5.52 Å². The van der Waals surface area contributed by atoms with Crippen LogP contribution >= 0.6 is 15.9 Å². The molecule has 1 aromatic heterocycles. The predicted octanol–water partition coefficient (Wildman–Crippen LogP) is 3.25. The average Bonchev–Trinajstić information content (AvgIpc) is 2.86. The number of nitrogens with zero attached hydrogens (tertiary/aromatic N) is 4. The van der Waals surface area contributed by atoms with E-state index in [0.29, 0.717) is 6.04 Å². The van der Waals surface area contributed by atoms with Gasteiger partial charge in [0.25, 0.3) is 0 Å². The first-order valence-electron chi connectivity index (χ1n) is 7.77. The highest BCUT2D eigenvalue weighted by molar-refractivity contribution is 9.11. The van der Waals surface area contributed by atoms with Crippen molar-refractivity contribution in [1.82, 2.24) is 19.4 Å². The van der Waals surface area contributed by atoms with Gasteiger partial charge in [-0.15, -0.1) is 0 Å². The summed E-state index contributed by atoms with van der Waals surface area (Å²) in [5.74, 6) is 1.13. The first kappa shape index (κ1) is 15.7. The van der Waals surface area contributed by atoms with E-state index >= 15 is 0 Å². The Bertz CT molecular complexity index is 670. The number of hydrogen-bond donors (Lipinski definition) is 0. The first-order chi connectivity index (χ1) is 10.6. The van der Waals surface area contributed by atoms with E-state index in [2.05, 4.69) is 69.0 Å². The second kappa shape index (κ2) is 6.52. The van der Waals surface area contributed by atoms with E-state index in [1.54, 1.807) is 0 Å². The molecule has 5 heteroatoms. The van der Waals surface area contributed by atoms with Gasteiger partial charge in [-0.1, -0.05) is 34.6 Å². The normalized spacial score (nSPS) is 18.7. The minimum Gasteiger partial charge on any atom is -0.322 e. The number of benzene rings is 1. The fourth-order valence-electron chi connectivity index (χ4n) is 3.12. The third kappa shape index (κ3) is 3.12. The van der Waals surface area contributed by atoms with Crippen molar-refractivity contribution in [1.29, 1.82) is 0 Å². The lowest BCUT2D eigenvalue weighted by Gasteiger charge is -2.36. The summed E-state index contributed by atoms with van der Waals surface area (Å²) in [5, 5.41) is 0. The Kier molecular flexibility index (Phi) is 4.66. The second-order valence-corrected chi connectivity index (χ2v) is 7.20. The van der Waals surface area contributed by atoms with Crippen molar-refractivity contribution in [3.63, 3.8) is 0 Å². The van der Waals surface area contributed by atoms with Crippen molar-refractivity contribution in [2.45, 2.75) is 19.5 Å². The average molecular weight is 363 g/mol. The third-order valence-electron chi connectivity index (χ3n) is 4.47. The number of aromatic nitrogens is 2. The summed E-state index contributed by atoms with van der Waals surface area (Å²) in [4.78, 5) is 9.81. The Hall–Kier alpha value is -1.17. The number of rotatable bonds is 4. The number of para-hydroxylation sites is 2. The molecule has 0 bridgehead atoms. The van der Waals surface area contributed by atoms with Gasteiger partial charge in [-0.3, -0.25) is 4.90 Å². The van der Waals surface area contributed by atoms with Gasteiger partial charge in [0, 0.05) is 30.7 Å². The van der Waals surface area contributed by atoms with Gasteiger partial charge in [0.2, 0.25) is 0 Å². The van der Waals surface area contributed by atoms with Crippen LogP contribution in [0.3, 0.4) is 0 Å². The highest BCUT2D eigenvalue weighted by Crippen LogP contribution is 2.26. The fraction of sp³-hybridized carbons (Fsp3) is 0.471. The van der Waals surface area contributed by atoms with Crippen LogP contribution in [0.1, 0.15) is 18.8 Å². The molecule has 4 nitrogen and oxygen atoms in total. The van der Waals surface area contributed by atoms with Crippen LogP contribution in [0.25, 0.3) is 11.0 Å². The smallest absolute Gasteiger partial charge is 0.127 e. The number of hydrogen-bond acceptors (Lipinski definition) is 3. The molecule has 2 aromatic rings. The molecule has 1 saturated heterocycles. The quantitative estimate of drug-likeness (QED) is 0.834. The summed E-state index contributed by atoms with van der Waals surface area (Å²) >= 11 is 3.51. The van der Waals surface area contributed by atoms with Gasteiger partial charge in [-0.25, -0.2) is 4.98 Å². The summed E-state index contributed by atoms with van der Waals surface area (Å²) in [6, 6.07) is 8.66. The van der Waals surface area contributed by atoms with E-state index in [9.17, 15) is 0 Å². The lowest BCUT2D eigenvalue weighted by molar-refractivity contribution is 0.114. The molecule has 1 aliphatic heterocycles. The Morgan fingerprint density at radius 1 is 1.27 bits per heavy atom. The zero-order valence-electron chi connectivity index (χ0n) is 13.3. The number of allylic oxidation sites excluding steroid dienone is 1. The molecule has 1 aliphatic rings. The van der Waals surface area contributed by atoms with E-state index < -0.39 is 0 Å². The van der Waals surface area contributed by atoms with Crippen LogP contribution in [0.2, 0.25) is 0 Å². The summed E-state index contributed by atoms with van der Waals surface area (Å²) in [6.07, 6.45) is 0. The molecule has 0 radical (unpaired) electrons. The Balaban J connectivity index is 1.96. The highest BCUT2D eigenvalue weighted by Gasteiger charge is 2.25. The molecular formula is C17H23BrN4. The zero-order valence-corrected chi connectivity index (χ0v) is 14.9. The van der Waals surface area contributed by atoms with E-state index in [0.717, 1.165) is 48.5 Å². The standard InChI is InChI=1S/C17H23BrN4/c1-13(18)12-22-16-7-5-4-6-15(16)19-17(22)14(2)21-10-8-20(3)9-11-21/h4-7,14H,1,8-12H2,2-3H3. The van der Waals surface area contributed by atoms with Crippen LogP contribution in [0.5, 0.6) is 0 Å². The molecule has 1 fully saturated rings. The van der Waals surface area contributed by atoms with E-state index in [4.69, 9.17) is 4.98 Å². The maximum Gasteiger partial charge on any atom is 0.127 e. The first-order valence-corrected chi connectivity index (χ1v) is 8.56. The fourth-order valence-corrected chi connectivity index (χ4v) is 3.37. The minimum absolute atomic E-state index is 0.313. The number of piperazine rings is 1. The minimum atomic E-state index is 0.313. The predicted molar refractivity (Wildman–Crippen MR) is 95.3 cm³/mol. The lowest BCUT2D eigenvalue weighted by atomic mass is 10.2. The van der Waals surface area contributed by atoms with Crippen LogP contribution in [-0.4, -0.2) is 52.6 Å². The summed E-state index contributed by atoms with van der Waals surface area (Å²) in [7, 11) is 2.19. The van der Waals surface area contributed by atoms with Gasteiger partial charge in [-0.05, 0) is 26.1 Å². The topological polar surface area (TPSA) is 24.3 Å². The van der Waals surface area contributed by atoms with Crippen LogP contribution < -0.4 is 0 Å². The molecule has 2 heterocycles. The molecule has 1 aromatic carbocycles. The van der Waals surface area contributed by atoms with Crippen molar-refractivity contribution < 1.29 is 0 Å². The molecule has 1 unspecified atom stereocenters. The van der Waals surface area contributed by atoms with Crippen molar-refractivity contribution in [3.05, 3.63) is 41.2 Å². The number of imidazole rings is 1. The van der Waals surface area contributed by atoms with Gasteiger partial charge in [0.05, 0.1) is 23.6 Å². The summed E-state index contributed by atoms with van der Waals surface area (Å²) < 4.78 is 3.26. The number of halogens is 1. The van der Waals surface area contributed by atoms with Crippen LogP contribution in [0, 0.1) is 0 Å². The number of fused-ring (bicyclic) bond motifs is 1. The van der Waals surface area contributed by atoms with Crippen LogP contribution in [0.4, 0.5) is 0 Å². The zero-order chi connectivity index (χ0) is 15.7. The van der Waals surface area contributed by atoms with Gasteiger partial charge < -0.3 is 9.47 Å². The molecule has 1 atom stereocenters. The van der Waals surface area contributed by atoms with Gasteiger partial charge >= 0.3 is 0 Å². The van der Waals surface area contributed by atoms with Crippen LogP contribution in [0.15, 0.2) is 35.3 Å². The van der Waals surface area contributed by atoms with Crippen LogP contribution in [-0.2, 0) is 6.54 Å². The van der Waals surface area contributed by atoms with E-state index in [1.807, 2.05) is 6.07 Å². The van der Waals surface area contributed by atoms with Crippen molar-refractivity contribution in [3.8, 4) is 0 Å². The molecule has 0 N–H and O–H groups in total. The van der Waals surface area contributed by atoms with Crippen molar-refractivity contribution in [2.24, 2.45) is 0 Å².